The molecule has 2 aromatic carbocycles. The van der Waals surface area contributed by atoms with E-state index in [1.807, 2.05) is 24.8 Å². The average Bonchev–Trinajstić information content (AvgIpc) is 2.69. The van der Waals surface area contributed by atoms with Crippen LogP contribution in [0.25, 0.3) is 6.08 Å². The molecule has 0 spiro atoms. The molecule has 0 unspecified atom stereocenters. The zero-order valence-electron chi connectivity index (χ0n) is 16.2. The maximum absolute atomic E-state index is 12.3. The summed E-state index contributed by atoms with van der Waals surface area (Å²) >= 11 is 8.05. The van der Waals surface area contributed by atoms with E-state index < -0.39 is 0 Å². The number of amides is 1. The van der Waals surface area contributed by atoms with Crippen LogP contribution in [-0.4, -0.2) is 42.5 Å². The Morgan fingerprint density at radius 3 is 2.75 bits per heavy atom. The first-order chi connectivity index (χ1) is 13.5. The van der Waals surface area contributed by atoms with Crippen molar-refractivity contribution in [2.75, 3.05) is 37.0 Å². The van der Waals surface area contributed by atoms with E-state index in [-0.39, 0.29) is 5.91 Å². The highest BCUT2D eigenvalue weighted by molar-refractivity contribution is 7.99. The second-order valence-electron chi connectivity index (χ2n) is 6.75. The van der Waals surface area contributed by atoms with Crippen molar-refractivity contribution in [3.05, 3.63) is 64.2 Å². The number of rotatable bonds is 6. The van der Waals surface area contributed by atoms with Gasteiger partial charge in [-0.3, -0.25) is 9.69 Å². The van der Waals surface area contributed by atoms with Crippen molar-refractivity contribution in [1.29, 1.82) is 0 Å². The lowest BCUT2D eigenvalue weighted by Crippen LogP contribution is -2.31. The van der Waals surface area contributed by atoms with Crippen molar-refractivity contribution in [2.24, 2.45) is 0 Å². The van der Waals surface area contributed by atoms with Gasteiger partial charge in [-0.2, -0.15) is 11.8 Å². The number of methoxy groups -OCH3 is 1. The minimum atomic E-state index is -0.189. The van der Waals surface area contributed by atoms with Gasteiger partial charge in [0.15, 0.2) is 0 Å². The van der Waals surface area contributed by atoms with Gasteiger partial charge in [-0.15, -0.1) is 0 Å². The molecular weight excluding hydrogens is 392 g/mol. The number of aryl methyl sites for hydroxylation is 1. The Bertz CT molecular complexity index is 864. The number of hydrogen-bond acceptors (Lipinski definition) is 4. The molecule has 0 radical (unpaired) electrons. The smallest absolute Gasteiger partial charge is 0.248 e. The van der Waals surface area contributed by atoms with Gasteiger partial charge in [0.25, 0.3) is 0 Å². The normalized spacial score (nSPS) is 15.0. The Morgan fingerprint density at radius 2 is 2.04 bits per heavy atom. The quantitative estimate of drug-likeness (QED) is 0.683. The van der Waals surface area contributed by atoms with Gasteiger partial charge >= 0.3 is 0 Å². The maximum Gasteiger partial charge on any atom is 0.248 e. The standard InChI is InChI=1S/C22H25ClN2O2S/c1-16-13-17(15-25-9-11-28-12-10-25)3-6-20(16)24-22(26)8-4-18-14-19(23)5-7-21(18)27-2/h3-8,13-14H,9-12,15H2,1-2H3,(H,24,26)/b8-4+. The Morgan fingerprint density at radius 1 is 1.25 bits per heavy atom. The summed E-state index contributed by atoms with van der Waals surface area (Å²) in [6.07, 6.45) is 3.20. The van der Waals surface area contributed by atoms with E-state index in [1.165, 1.54) is 23.1 Å². The molecule has 1 N–H and O–H groups in total. The summed E-state index contributed by atoms with van der Waals surface area (Å²) in [6.45, 7) is 5.26. The van der Waals surface area contributed by atoms with Crippen LogP contribution in [0.4, 0.5) is 5.69 Å². The third-order valence-corrected chi connectivity index (χ3v) is 5.84. The van der Waals surface area contributed by atoms with E-state index in [1.54, 1.807) is 31.4 Å². The number of benzene rings is 2. The summed E-state index contributed by atoms with van der Waals surface area (Å²) in [7, 11) is 1.59. The van der Waals surface area contributed by atoms with E-state index in [0.717, 1.165) is 36.4 Å². The molecule has 1 aliphatic heterocycles. The molecule has 3 rings (SSSR count). The number of nitrogens with one attached hydrogen (secondary N) is 1. The molecule has 1 aliphatic rings. The van der Waals surface area contributed by atoms with Crippen LogP contribution < -0.4 is 10.1 Å². The van der Waals surface area contributed by atoms with Gasteiger partial charge in [0.1, 0.15) is 5.75 Å². The molecule has 0 aromatic heterocycles. The summed E-state index contributed by atoms with van der Waals surface area (Å²) in [5.74, 6) is 2.89. The Balaban J connectivity index is 1.63. The predicted octanol–water partition coefficient (Wildman–Crippen LogP) is 4.86. The highest BCUT2D eigenvalue weighted by Crippen LogP contribution is 2.24. The molecule has 0 aliphatic carbocycles. The topological polar surface area (TPSA) is 41.6 Å². The molecule has 1 heterocycles. The highest BCUT2D eigenvalue weighted by Gasteiger charge is 2.11. The van der Waals surface area contributed by atoms with E-state index in [4.69, 9.17) is 16.3 Å². The molecule has 28 heavy (non-hydrogen) atoms. The SMILES string of the molecule is COc1ccc(Cl)cc1/C=C/C(=O)Nc1ccc(CN2CCSCC2)cc1C. The molecule has 1 amide bonds. The van der Waals surface area contributed by atoms with Crippen molar-refractivity contribution in [1.82, 2.24) is 4.90 Å². The molecule has 2 aromatic rings. The highest BCUT2D eigenvalue weighted by atomic mass is 35.5. The molecule has 0 saturated carbocycles. The van der Waals surface area contributed by atoms with Gasteiger partial charge < -0.3 is 10.1 Å². The van der Waals surface area contributed by atoms with E-state index >= 15 is 0 Å². The van der Waals surface area contributed by atoms with Crippen LogP contribution in [0.5, 0.6) is 5.75 Å². The lowest BCUT2D eigenvalue weighted by Gasteiger charge is -2.26. The van der Waals surface area contributed by atoms with Crippen molar-refractivity contribution < 1.29 is 9.53 Å². The first-order valence-corrected chi connectivity index (χ1v) is 10.8. The van der Waals surface area contributed by atoms with Crippen molar-refractivity contribution in [2.45, 2.75) is 13.5 Å². The first kappa shape index (κ1) is 20.8. The van der Waals surface area contributed by atoms with Gasteiger partial charge in [0, 0.05) is 53.5 Å². The van der Waals surface area contributed by atoms with Gasteiger partial charge in [-0.25, -0.2) is 0 Å². The van der Waals surface area contributed by atoms with Crippen LogP contribution in [0.15, 0.2) is 42.5 Å². The van der Waals surface area contributed by atoms with Crippen LogP contribution in [0.2, 0.25) is 5.02 Å². The zero-order chi connectivity index (χ0) is 19.9. The fourth-order valence-corrected chi connectivity index (χ4v) is 4.32. The molecule has 0 atom stereocenters. The molecule has 1 fully saturated rings. The predicted molar refractivity (Wildman–Crippen MR) is 119 cm³/mol. The fourth-order valence-electron chi connectivity index (χ4n) is 3.16. The monoisotopic (exact) mass is 416 g/mol. The van der Waals surface area contributed by atoms with Crippen LogP contribution in [-0.2, 0) is 11.3 Å². The number of ether oxygens (including phenoxy) is 1. The van der Waals surface area contributed by atoms with Gasteiger partial charge in [0.2, 0.25) is 5.91 Å². The Hall–Kier alpha value is -1.95. The zero-order valence-corrected chi connectivity index (χ0v) is 17.8. The second kappa shape index (κ2) is 10.0. The van der Waals surface area contributed by atoms with Crippen molar-refractivity contribution in [3.63, 3.8) is 0 Å². The second-order valence-corrected chi connectivity index (χ2v) is 8.41. The van der Waals surface area contributed by atoms with Crippen molar-refractivity contribution >= 4 is 41.0 Å². The molecule has 148 valence electrons. The van der Waals surface area contributed by atoms with Gasteiger partial charge in [-0.1, -0.05) is 23.7 Å². The third kappa shape index (κ3) is 5.77. The number of carbonyl (C=O) groups excluding carboxylic acids is 1. The number of carbonyl (C=O) groups is 1. The summed E-state index contributed by atoms with van der Waals surface area (Å²) in [5, 5.41) is 3.54. The molecule has 1 saturated heterocycles. The molecular formula is C22H25ClN2O2S. The van der Waals surface area contributed by atoms with Crippen LogP contribution in [0, 0.1) is 6.92 Å². The number of halogens is 1. The van der Waals surface area contributed by atoms with Crippen LogP contribution in [0.1, 0.15) is 16.7 Å². The Kier molecular flexibility index (Phi) is 7.43. The van der Waals surface area contributed by atoms with E-state index in [0.29, 0.717) is 10.8 Å². The average molecular weight is 417 g/mol. The number of nitrogens with zero attached hydrogens (tertiary/aromatic N) is 1. The first-order valence-electron chi connectivity index (χ1n) is 9.27. The van der Waals surface area contributed by atoms with Crippen LogP contribution in [0.3, 0.4) is 0 Å². The minimum Gasteiger partial charge on any atom is -0.496 e. The third-order valence-electron chi connectivity index (χ3n) is 4.66. The summed E-state index contributed by atoms with van der Waals surface area (Å²) in [6, 6.07) is 11.5. The molecule has 6 heteroatoms. The lowest BCUT2D eigenvalue weighted by molar-refractivity contribution is -0.111. The number of anilines is 1. The number of thioether (sulfide) groups is 1. The van der Waals surface area contributed by atoms with Crippen molar-refractivity contribution in [3.8, 4) is 5.75 Å². The number of hydrogen-bond donors (Lipinski definition) is 1. The fraction of sp³-hybridized carbons (Fsp3) is 0.318. The van der Waals surface area contributed by atoms with Gasteiger partial charge in [-0.05, 0) is 48.4 Å². The lowest BCUT2D eigenvalue weighted by atomic mass is 10.1. The van der Waals surface area contributed by atoms with Crippen LogP contribution >= 0.6 is 23.4 Å². The van der Waals surface area contributed by atoms with Gasteiger partial charge in [0.05, 0.1) is 7.11 Å². The largest absolute Gasteiger partial charge is 0.496 e. The van der Waals surface area contributed by atoms with E-state index in [9.17, 15) is 4.79 Å². The van der Waals surface area contributed by atoms with E-state index in [2.05, 4.69) is 22.3 Å². The summed E-state index contributed by atoms with van der Waals surface area (Å²) < 4.78 is 5.30. The maximum atomic E-state index is 12.3. The molecule has 0 bridgehead atoms. The minimum absolute atomic E-state index is 0.189. The molecule has 4 nitrogen and oxygen atoms in total. The summed E-state index contributed by atoms with van der Waals surface area (Å²) in [5.41, 5.74) is 3.93. The Labute approximate surface area is 175 Å². The summed E-state index contributed by atoms with van der Waals surface area (Å²) in [4.78, 5) is 14.8.